The van der Waals surface area contributed by atoms with Crippen molar-refractivity contribution in [2.75, 3.05) is 6.54 Å². The van der Waals surface area contributed by atoms with Crippen molar-refractivity contribution >= 4 is 11.8 Å². The van der Waals surface area contributed by atoms with Gasteiger partial charge in [0.2, 0.25) is 5.84 Å². The van der Waals surface area contributed by atoms with Gasteiger partial charge in [-0.2, -0.15) is 0 Å². The molecular weight excluding hydrogens is 410 g/mol. The predicted octanol–water partition coefficient (Wildman–Crippen LogP) is 7.67. The molecular formula is C28H52N3O2+. The summed E-state index contributed by atoms with van der Waals surface area (Å²) in [5, 5.41) is 9.28. The van der Waals surface area contributed by atoms with E-state index >= 15 is 0 Å². The van der Waals surface area contributed by atoms with E-state index in [-0.39, 0.29) is 17.2 Å². The predicted molar refractivity (Wildman–Crippen MR) is 141 cm³/mol. The largest absolute Gasteiger partial charge is 0.477 e. The van der Waals surface area contributed by atoms with Crippen LogP contribution in [0.3, 0.4) is 0 Å². The average molecular weight is 463 g/mol. The highest BCUT2D eigenvalue weighted by Crippen LogP contribution is 2.23. The molecule has 0 aromatic heterocycles. The van der Waals surface area contributed by atoms with Crippen LogP contribution in [0.4, 0.5) is 0 Å². The topological polar surface area (TPSA) is 75.7 Å². The summed E-state index contributed by atoms with van der Waals surface area (Å²) in [6.45, 7) is 4.10. The quantitative estimate of drug-likeness (QED) is 0.0984. The zero-order valence-electron chi connectivity index (χ0n) is 21.6. The monoisotopic (exact) mass is 462 g/mol. The Morgan fingerprint density at radius 2 is 1.39 bits per heavy atom. The Bertz CT molecular complexity index is 598. The van der Waals surface area contributed by atoms with E-state index < -0.39 is 5.97 Å². The molecule has 1 aliphatic heterocycles. The molecule has 1 heterocycles. The molecule has 0 aromatic rings. The van der Waals surface area contributed by atoms with E-state index in [2.05, 4.69) is 24.1 Å². The number of rotatable bonds is 22. The van der Waals surface area contributed by atoms with Crippen molar-refractivity contribution in [3.63, 3.8) is 0 Å². The first-order chi connectivity index (χ1) is 16.0. The first kappa shape index (κ1) is 29.6. The van der Waals surface area contributed by atoms with Gasteiger partial charge in [0.15, 0.2) is 6.54 Å². The number of hydrogen-bond acceptors (Lipinski definition) is 3. The first-order valence-corrected chi connectivity index (χ1v) is 13.8. The van der Waals surface area contributed by atoms with Crippen molar-refractivity contribution in [2.45, 2.75) is 136 Å². The summed E-state index contributed by atoms with van der Waals surface area (Å²) in [5.74, 6) is 0.0623. The Kier molecular flexibility index (Phi) is 16.9. The fourth-order valence-electron chi connectivity index (χ4n) is 4.65. The second kappa shape index (κ2) is 18.9. The van der Waals surface area contributed by atoms with Crippen molar-refractivity contribution in [3.05, 3.63) is 24.6 Å². The van der Waals surface area contributed by atoms with E-state index in [1.54, 1.807) is 6.20 Å². The molecule has 190 valence electrons. The minimum absolute atomic E-state index is 0.0246. The fraction of sp³-hybridized carbons (Fsp3) is 0.786. The summed E-state index contributed by atoms with van der Waals surface area (Å²) in [7, 11) is 0. The lowest BCUT2D eigenvalue weighted by atomic mass is 10.0. The van der Waals surface area contributed by atoms with E-state index in [0.29, 0.717) is 0 Å². The number of nitrogens with two attached hydrogens (primary N) is 1. The van der Waals surface area contributed by atoms with Crippen LogP contribution in [0.1, 0.15) is 129 Å². The number of allylic oxidation sites excluding steroid dienone is 2. The molecule has 1 aliphatic rings. The number of carbonyl (C=O) groups is 1. The van der Waals surface area contributed by atoms with Crippen LogP contribution in [0.5, 0.6) is 0 Å². The molecule has 3 N–H and O–H groups in total. The van der Waals surface area contributed by atoms with Crippen LogP contribution in [-0.4, -0.2) is 34.1 Å². The van der Waals surface area contributed by atoms with Gasteiger partial charge < -0.3 is 5.11 Å². The summed E-state index contributed by atoms with van der Waals surface area (Å²) in [6.07, 6.45) is 31.2. The van der Waals surface area contributed by atoms with Crippen molar-refractivity contribution in [1.29, 1.82) is 0 Å². The van der Waals surface area contributed by atoms with Gasteiger partial charge in [-0.3, -0.25) is 5.73 Å². The maximum Gasteiger partial charge on any atom is 0.360 e. The molecule has 33 heavy (non-hydrogen) atoms. The lowest BCUT2D eigenvalue weighted by Gasteiger charge is -2.34. The number of unbranched alkanes of at least 4 members (excludes halogenated alkanes) is 15. The first-order valence-electron chi connectivity index (χ1n) is 13.8. The third kappa shape index (κ3) is 13.1. The van der Waals surface area contributed by atoms with Gasteiger partial charge in [0.25, 0.3) is 0 Å². The van der Waals surface area contributed by atoms with Crippen molar-refractivity contribution in [1.82, 2.24) is 0 Å². The zero-order chi connectivity index (χ0) is 24.2. The van der Waals surface area contributed by atoms with Gasteiger partial charge in [0, 0.05) is 13.3 Å². The van der Waals surface area contributed by atoms with Crippen LogP contribution in [0.2, 0.25) is 0 Å². The normalized spacial score (nSPS) is 18.8. The highest BCUT2D eigenvalue weighted by atomic mass is 16.4. The molecule has 1 rings (SSSR count). The van der Waals surface area contributed by atoms with Crippen molar-refractivity contribution in [3.8, 4) is 0 Å². The highest BCUT2D eigenvalue weighted by molar-refractivity contribution is 5.81. The zero-order valence-corrected chi connectivity index (χ0v) is 21.6. The van der Waals surface area contributed by atoms with E-state index in [0.717, 1.165) is 18.7 Å². The minimum Gasteiger partial charge on any atom is -0.477 e. The number of hydrogen-bond donors (Lipinski definition) is 2. The van der Waals surface area contributed by atoms with E-state index in [4.69, 9.17) is 5.73 Å². The number of carboxylic acids is 1. The minimum atomic E-state index is -0.836. The fourth-order valence-corrected chi connectivity index (χ4v) is 4.65. The van der Waals surface area contributed by atoms with Crippen LogP contribution >= 0.6 is 0 Å². The van der Waals surface area contributed by atoms with Gasteiger partial charge in [0.05, 0.1) is 6.20 Å². The molecule has 5 nitrogen and oxygen atoms in total. The number of aliphatic imine (C=N–C) groups is 1. The molecule has 2 atom stereocenters. The third-order valence-corrected chi connectivity index (χ3v) is 6.82. The molecule has 0 saturated heterocycles. The molecule has 0 radical (unpaired) electrons. The van der Waals surface area contributed by atoms with Crippen LogP contribution in [0, 0.1) is 0 Å². The molecule has 0 bridgehead atoms. The second-order valence-electron chi connectivity index (χ2n) is 9.81. The van der Waals surface area contributed by atoms with Gasteiger partial charge in [-0.25, -0.2) is 14.3 Å². The van der Waals surface area contributed by atoms with Crippen LogP contribution < -0.4 is 5.73 Å². The van der Waals surface area contributed by atoms with Crippen LogP contribution in [0.25, 0.3) is 0 Å². The SMILES string of the molecule is CCCCC/C=C/CCCCCCCCCCCCCCC1=NC=C[N+]1(CC(=O)O)C(C)N. The van der Waals surface area contributed by atoms with Crippen molar-refractivity contribution < 1.29 is 14.4 Å². The summed E-state index contributed by atoms with van der Waals surface area (Å²) in [6, 6.07) is 0. The van der Waals surface area contributed by atoms with Crippen LogP contribution in [-0.2, 0) is 4.79 Å². The van der Waals surface area contributed by atoms with Gasteiger partial charge in [0.1, 0.15) is 12.4 Å². The molecule has 0 aliphatic carbocycles. The molecule has 0 amide bonds. The van der Waals surface area contributed by atoms with Crippen LogP contribution in [0.15, 0.2) is 29.5 Å². The molecule has 2 unspecified atom stereocenters. The summed E-state index contributed by atoms with van der Waals surface area (Å²) < 4.78 is 0.172. The highest BCUT2D eigenvalue weighted by Gasteiger charge is 2.40. The van der Waals surface area contributed by atoms with E-state index in [1.807, 2.05) is 13.1 Å². The second-order valence-corrected chi connectivity index (χ2v) is 9.81. The lowest BCUT2D eigenvalue weighted by Crippen LogP contribution is -2.59. The maximum absolute atomic E-state index is 11.3. The number of carboxylic acid groups (broad SMARTS) is 1. The van der Waals surface area contributed by atoms with Gasteiger partial charge >= 0.3 is 5.97 Å². The maximum atomic E-state index is 11.3. The lowest BCUT2D eigenvalue weighted by molar-refractivity contribution is -0.805. The van der Waals surface area contributed by atoms with Gasteiger partial charge in [-0.15, -0.1) is 0 Å². The van der Waals surface area contributed by atoms with Gasteiger partial charge in [-0.1, -0.05) is 96.1 Å². The Hall–Kier alpha value is -1.46. The summed E-state index contributed by atoms with van der Waals surface area (Å²) in [5.41, 5.74) is 6.12. The van der Waals surface area contributed by atoms with Crippen molar-refractivity contribution in [2.24, 2.45) is 10.7 Å². The molecule has 0 spiro atoms. The standard InChI is InChI=1S/C28H51N3O2/c1-3-4-5-6-7-8-9-10-11-12-13-14-15-16-17-18-19-20-21-22-27-30-23-24-31(27,26(2)29)25-28(32)33/h7-8,23-24,26H,3-6,9-22,25,29H2,1-2H3/p+1/b8-7+. The average Bonchev–Trinajstić information content (AvgIpc) is 3.18. The Morgan fingerprint density at radius 1 is 0.909 bits per heavy atom. The third-order valence-electron chi connectivity index (χ3n) is 6.82. The smallest absolute Gasteiger partial charge is 0.360 e. The van der Waals surface area contributed by atoms with E-state index in [9.17, 15) is 9.90 Å². The summed E-state index contributed by atoms with van der Waals surface area (Å²) in [4.78, 5) is 15.7. The number of quaternary nitrogens is 1. The molecule has 5 heteroatoms. The number of nitrogens with zero attached hydrogens (tertiary/aromatic N) is 2. The number of amidine groups is 1. The Balaban J connectivity index is 1.92. The summed E-state index contributed by atoms with van der Waals surface area (Å²) >= 11 is 0. The Morgan fingerprint density at radius 3 is 1.88 bits per heavy atom. The number of aliphatic carboxylic acids is 1. The molecule has 0 aromatic carbocycles. The van der Waals surface area contributed by atoms with Gasteiger partial charge in [-0.05, 0) is 32.1 Å². The molecule has 0 saturated carbocycles. The molecule has 0 fully saturated rings. The Labute approximate surface area is 203 Å². The van der Waals surface area contributed by atoms with E-state index in [1.165, 1.54) is 103 Å².